The van der Waals surface area contributed by atoms with E-state index in [2.05, 4.69) is 19.1 Å². The molecule has 2 aliphatic carbocycles. The Morgan fingerprint density at radius 3 is 2.75 bits per heavy atom. The number of aliphatic hydroxyl groups excluding tert-OH is 1. The van der Waals surface area contributed by atoms with Gasteiger partial charge in [-0.1, -0.05) is 19.1 Å². The van der Waals surface area contributed by atoms with Gasteiger partial charge < -0.3 is 5.11 Å². The third kappa shape index (κ3) is 1.42. The van der Waals surface area contributed by atoms with E-state index in [0.717, 1.165) is 24.7 Å². The molecule has 2 aliphatic rings. The molecular weight excluding hydrogens is 148 g/mol. The molecular formula is C11H18O. The topological polar surface area (TPSA) is 20.2 Å². The third-order valence-electron chi connectivity index (χ3n) is 3.46. The number of aliphatic hydroxyl groups is 1. The van der Waals surface area contributed by atoms with Gasteiger partial charge >= 0.3 is 0 Å². The summed E-state index contributed by atoms with van der Waals surface area (Å²) in [6.45, 7) is 2.26. The summed E-state index contributed by atoms with van der Waals surface area (Å²) in [6.07, 6.45) is 9.15. The van der Waals surface area contributed by atoms with Crippen molar-refractivity contribution >= 4 is 0 Å². The van der Waals surface area contributed by atoms with Crippen LogP contribution >= 0.6 is 0 Å². The van der Waals surface area contributed by atoms with Crippen molar-refractivity contribution in [2.45, 2.75) is 38.7 Å². The van der Waals surface area contributed by atoms with E-state index in [9.17, 15) is 5.11 Å². The lowest BCUT2D eigenvalue weighted by atomic mass is 9.68. The summed E-state index contributed by atoms with van der Waals surface area (Å²) < 4.78 is 0. The molecule has 0 radical (unpaired) electrons. The zero-order valence-electron chi connectivity index (χ0n) is 7.74. The third-order valence-corrected chi connectivity index (χ3v) is 3.46. The highest BCUT2D eigenvalue weighted by molar-refractivity contribution is 4.99. The molecule has 0 aromatic heterocycles. The van der Waals surface area contributed by atoms with Gasteiger partial charge in [-0.05, 0) is 43.4 Å². The van der Waals surface area contributed by atoms with Crippen molar-refractivity contribution in [2.24, 2.45) is 17.8 Å². The highest BCUT2D eigenvalue weighted by Gasteiger charge is 2.34. The second-order valence-electron chi connectivity index (χ2n) is 4.51. The summed E-state index contributed by atoms with van der Waals surface area (Å²) in [7, 11) is 0. The molecule has 68 valence electrons. The van der Waals surface area contributed by atoms with Gasteiger partial charge in [0.15, 0.2) is 0 Å². The van der Waals surface area contributed by atoms with Gasteiger partial charge in [0.2, 0.25) is 0 Å². The lowest BCUT2D eigenvalue weighted by Gasteiger charge is -2.39. The van der Waals surface area contributed by atoms with Crippen molar-refractivity contribution in [3.05, 3.63) is 12.2 Å². The standard InChI is InChI=1S/C11H18O/c1-8-6-9-4-2-3-5-10(9)11(12)7-8/h2-3,8-12H,4-7H2,1H3/t8-,9-,10+,11-/m1/s1. The maximum Gasteiger partial charge on any atom is 0.0576 e. The highest BCUT2D eigenvalue weighted by Crippen LogP contribution is 2.40. The average Bonchev–Trinajstić information content (AvgIpc) is 2.04. The second kappa shape index (κ2) is 3.21. The van der Waals surface area contributed by atoms with Gasteiger partial charge in [-0.3, -0.25) is 0 Å². The van der Waals surface area contributed by atoms with Crippen molar-refractivity contribution in [2.75, 3.05) is 0 Å². The molecule has 0 amide bonds. The van der Waals surface area contributed by atoms with Crippen LogP contribution in [0.15, 0.2) is 12.2 Å². The molecule has 1 saturated carbocycles. The number of allylic oxidation sites excluding steroid dienone is 2. The fourth-order valence-electron chi connectivity index (χ4n) is 2.83. The van der Waals surface area contributed by atoms with E-state index in [4.69, 9.17) is 0 Å². The molecule has 12 heavy (non-hydrogen) atoms. The molecule has 0 unspecified atom stereocenters. The first-order valence-corrected chi connectivity index (χ1v) is 5.10. The fourth-order valence-corrected chi connectivity index (χ4v) is 2.83. The lowest BCUT2D eigenvalue weighted by molar-refractivity contribution is 0.00988. The molecule has 1 N–H and O–H groups in total. The fraction of sp³-hybridized carbons (Fsp3) is 0.818. The molecule has 0 spiro atoms. The van der Waals surface area contributed by atoms with Gasteiger partial charge in [-0.25, -0.2) is 0 Å². The number of rotatable bonds is 0. The molecule has 0 aromatic rings. The zero-order valence-corrected chi connectivity index (χ0v) is 7.74. The summed E-state index contributed by atoms with van der Waals surface area (Å²) >= 11 is 0. The van der Waals surface area contributed by atoms with Crippen LogP contribution in [0.5, 0.6) is 0 Å². The monoisotopic (exact) mass is 166 g/mol. The van der Waals surface area contributed by atoms with Gasteiger partial charge in [0, 0.05) is 0 Å². The van der Waals surface area contributed by atoms with Crippen LogP contribution in [0.25, 0.3) is 0 Å². The van der Waals surface area contributed by atoms with Gasteiger partial charge in [0.25, 0.3) is 0 Å². The Labute approximate surface area is 74.5 Å². The summed E-state index contributed by atoms with van der Waals surface area (Å²) in [5.74, 6) is 2.08. The molecule has 2 rings (SSSR count). The van der Waals surface area contributed by atoms with Crippen LogP contribution in [-0.4, -0.2) is 11.2 Å². The van der Waals surface area contributed by atoms with Gasteiger partial charge in [-0.2, -0.15) is 0 Å². The molecule has 4 atom stereocenters. The summed E-state index contributed by atoms with van der Waals surface area (Å²) in [4.78, 5) is 0. The highest BCUT2D eigenvalue weighted by atomic mass is 16.3. The second-order valence-corrected chi connectivity index (χ2v) is 4.51. The molecule has 0 aliphatic heterocycles. The summed E-state index contributed by atoms with van der Waals surface area (Å²) in [5, 5.41) is 9.84. The minimum atomic E-state index is -0.0244. The minimum Gasteiger partial charge on any atom is -0.393 e. The number of hydrogen-bond donors (Lipinski definition) is 1. The summed E-state index contributed by atoms with van der Waals surface area (Å²) in [5.41, 5.74) is 0. The van der Waals surface area contributed by atoms with Crippen LogP contribution in [-0.2, 0) is 0 Å². The first-order chi connectivity index (χ1) is 5.77. The minimum absolute atomic E-state index is 0.0244. The van der Waals surface area contributed by atoms with Crippen LogP contribution in [0.4, 0.5) is 0 Å². The Morgan fingerprint density at radius 1 is 1.17 bits per heavy atom. The molecule has 1 heteroatoms. The number of fused-ring (bicyclic) bond motifs is 1. The van der Waals surface area contributed by atoms with E-state index in [1.54, 1.807) is 0 Å². The Bertz CT molecular complexity index is 185. The van der Waals surface area contributed by atoms with Crippen LogP contribution in [0, 0.1) is 17.8 Å². The quantitative estimate of drug-likeness (QED) is 0.548. The van der Waals surface area contributed by atoms with Crippen molar-refractivity contribution in [3.8, 4) is 0 Å². The predicted molar refractivity (Wildman–Crippen MR) is 49.8 cm³/mol. The molecule has 0 heterocycles. The van der Waals surface area contributed by atoms with E-state index < -0.39 is 0 Å². The van der Waals surface area contributed by atoms with Crippen LogP contribution in [0.2, 0.25) is 0 Å². The van der Waals surface area contributed by atoms with E-state index in [1.807, 2.05) is 0 Å². The Hall–Kier alpha value is -0.300. The van der Waals surface area contributed by atoms with Crippen LogP contribution < -0.4 is 0 Å². The maximum atomic E-state index is 9.84. The van der Waals surface area contributed by atoms with E-state index in [1.165, 1.54) is 12.8 Å². The number of hydrogen-bond acceptors (Lipinski definition) is 1. The van der Waals surface area contributed by atoms with Gasteiger partial charge in [-0.15, -0.1) is 0 Å². The first-order valence-electron chi connectivity index (χ1n) is 5.10. The maximum absolute atomic E-state index is 9.84. The van der Waals surface area contributed by atoms with E-state index in [0.29, 0.717) is 5.92 Å². The normalized spacial score (nSPS) is 47.2. The van der Waals surface area contributed by atoms with Crippen molar-refractivity contribution in [3.63, 3.8) is 0 Å². The van der Waals surface area contributed by atoms with Crippen molar-refractivity contribution in [1.82, 2.24) is 0 Å². The lowest BCUT2D eigenvalue weighted by Crippen LogP contribution is -2.36. The smallest absolute Gasteiger partial charge is 0.0576 e. The van der Waals surface area contributed by atoms with Gasteiger partial charge in [0.1, 0.15) is 0 Å². The van der Waals surface area contributed by atoms with Crippen molar-refractivity contribution < 1.29 is 5.11 Å². The molecule has 0 aromatic carbocycles. The SMILES string of the molecule is C[C@@H]1C[C@H]2CC=CC[C@@H]2[C@H](O)C1. The van der Waals surface area contributed by atoms with E-state index in [-0.39, 0.29) is 6.10 Å². The van der Waals surface area contributed by atoms with Gasteiger partial charge in [0.05, 0.1) is 6.10 Å². The largest absolute Gasteiger partial charge is 0.393 e. The Morgan fingerprint density at radius 2 is 1.92 bits per heavy atom. The van der Waals surface area contributed by atoms with Crippen molar-refractivity contribution in [1.29, 1.82) is 0 Å². The average molecular weight is 166 g/mol. The van der Waals surface area contributed by atoms with Crippen LogP contribution in [0.3, 0.4) is 0 Å². The van der Waals surface area contributed by atoms with Crippen LogP contribution in [0.1, 0.15) is 32.6 Å². The zero-order chi connectivity index (χ0) is 8.55. The Kier molecular flexibility index (Phi) is 2.22. The molecule has 1 fully saturated rings. The predicted octanol–water partition coefficient (Wildman–Crippen LogP) is 2.36. The molecule has 1 nitrogen and oxygen atoms in total. The molecule has 0 saturated heterocycles. The Balaban J connectivity index is 2.08. The molecule has 0 bridgehead atoms. The summed E-state index contributed by atoms with van der Waals surface area (Å²) in [6, 6.07) is 0. The first kappa shape index (κ1) is 8.31. The van der Waals surface area contributed by atoms with E-state index >= 15 is 0 Å².